The van der Waals surface area contributed by atoms with E-state index in [2.05, 4.69) is 0 Å². The zero-order chi connectivity index (χ0) is 20.7. The van der Waals surface area contributed by atoms with E-state index < -0.39 is 17.3 Å². The van der Waals surface area contributed by atoms with Gasteiger partial charge in [-0.1, -0.05) is 0 Å². The van der Waals surface area contributed by atoms with Crippen LogP contribution in [0.25, 0.3) is 10.9 Å². The topological polar surface area (TPSA) is 97.8 Å². The Balaban J connectivity index is 1.75. The molecule has 8 heteroatoms. The second kappa shape index (κ2) is 5.95. The first-order chi connectivity index (χ1) is 13.7. The average molecular weight is 401 g/mol. The van der Waals surface area contributed by atoms with Crippen molar-refractivity contribution in [2.45, 2.75) is 44.7 Å². The van der Waals surface area contributed by atoms with Gasteiger partial charge >= 0.3 is 5.97 Å². The fourth-order valence-electron chi connectivity index (χ4n) is 4.92. The number of nitrogens with two attached hydrogens (primary N) is 1. The molecule has 0 spiro atoms. The molecule has 5 rings (SSSR count). The van der Waals surface area contributed by atoms with Crippen LogP contribution in [0.2, 0.25) is 0 Å². The Labute approximate surface area is 166 Å². The first-order valence-electron chi connectivity index (χ1n) is 10.0. The summed E-state index contributed by atoms with van der Waals surface area (Å²) in [4.78, 5) is 26.4. The number of hydrogen-bond donors (Lipinski definition) is 2. The third-order valence-corrected chi connectivity index (χ3v) is 6.89. The lowest BCUT2D eigenvalue weighted by Crippen LogP contribution is -2.36. The number of aromatic carboxylic acids is 1. The van der Waals surface area contributed by atoms with Crippen molar-refractivity contribution in [2.75, 3.05) is 24.6 Å². The number of benzene rings is 1. The molecule has 0 radical (unpaired) electrons. The van der Waals surface area contributed by atoms with Gasteiger partial charge in [-0.05, 0) is 50.7 Å². The number of ether oxygens (including phenoxy) is 1. The summed E-state index contributed by atoms with van der Waals surface area (Å²) in [5.74, 6) is -1.10. The van der Waals surface area contributed by atoms with Crippen LogP contribution in [0.4, 0.5) is 10.1 Å². The van der Waals surface area contributed by atoms with Crippen LogP contribution in [0.1, 0.15) is 48.1 Å². The normalized spacial score (nSPS) is 24.6. The third-order valence-electron chi connectivity index (χ3n) is 6.89. The maximum Gasteiger partial charge on any atom is 0.341 e. The minimum atomic E-state index is -1.31. The molecule has 29 heavy (non-hydrogen) atoms. The third kappa shape index (κ3) is 2.51. The summed E-state index contributed by atoms with van der Waals surface area (Å²) in [6.45, 7) is 4.93. The quantitative estimate of drug-likeness (QED) is 0.820. The van der Waals surface area contributed by atoms with Crippen LogP contribution in [0.15, 0.2) is 10.9 Å². The molecule has 1 saturated carbocycles. The van der Waals surface area contributed by atoms with E-state index in [0.29, 0.717) is 46.9 Å². The molecule has 3 aliphatic rings. The van der Waals surface area contributed by atoms with Gasteiger partial charge in [0.1, 0.15) is 17.9 Å². The number of hydrogen-bond acceptors (Lipinski definition) is 5. The Bertz CT molecular complexity index is 1120. The van der Waals surface area contributed by atoms with Gasteiger partial charge in [0.05, 0.1) is 11.6 Å². The van der Waals surface area contributed by atoms with E-state index in [1.54, 1.807) is 13.8 Å². The van der Waals surface area contributed by atoms with Crippen LogP contribution in [0.5, 0.6) is 5.75 Å². The van der Waals surface area contributed by atoms with Gasteiger partial charge in [0.2, 0.25) is 0 Å². The number of halogens is 1. The molecular formula is C21H24FN3O4. The van der Waals surface area contributed by atoms with Crippen LogP contribution in [0, 0.1) is 18.7 Å². The molecule has 2 aliphatic heterocycles. The Morgan fingerprint density at radius 1 is 1.41 bits per heavy atom. The molecule has 7 nitrogen and oxygen atoms in total. The smallest absolute Gasteiger partial charge is 0.341 e. The van der Waals surface area contributed by atoms with Gasteiger partial charge in [0.15, 0.2) is 11.6 Å². The second-order valence-corrected chi connectivity index (χ2v) is 8.74. The first kappa shape index (κ1) is 18.4. The van der Waals surface area contributed by atoms with Crippen molar-refractivity contribution < 1.29 is 19.0 Å². The van der Waals surface area contributed by atoms with Crippen LogP contribution in [-0.2, 0) is 0 Å². The summed E-state index contributed by atoms with van der Waals surface area (Å²) >= 11 is 0. The SMILES string of the molecule is Cc1c(F)c(N2CC[C@@H](C3(N)CC3)C2)c2c3c1cc(C(=O)O)c(=O)n3[C@@H](C)CO2. The molecule has 2 atom stereocenters. The molecule has 0 bridgehead atoms. The van der Waals surface area contributed by atoms with Gasteiger partial charge in [0.25, 0.3) is 5.56 Å². The predicted octanol–water partition coefficient (Wildman–Crippen LogP) is 2.42. The summed E-state index contributed by atoms with van der Waals surface area (Å²) in [7, 11) is 0. The average Bonchev–Trinajstić information content (AvgIpc) is 3.23. The van der Waals surface area contributed by atoms with E-state index >= 15 is 4.39 Å². The van der Waals surface area contributed by atoms with Crippen molar-refractivity contribution in [1.82, 2.24) is 4.57 Å². The molecule has 2 aromatic rings. The lowest BCUT2D eigenvalue weighted by atomic mass is 9.97. The van der Waals surface area contributed by atoms with E-state index in [1.165, 1.54) is 10.6 Å². The monoisotopic (exact) mass is 401 g/mol. The highest BCUT2D eigenvalue weighted by Crippen LogP contribution is 2.48. The molecule has 2 fully saturated rings. The van der Waals surface area contributed by atoms with Gasteiger partial charge in [-0.15, -0.1) is 0 Å². The maximum absolute atomic E-state index is 15.6. The standard InChI is InChI=1S/C21H24FN3O4/c1-10-9-29-18-16-13(7-14(20(27)28)19(26)25(10)16)11(2)15(22)17(18)24-6-3-12(8-24)21(23)4-5-21/h7,10,12H,3-6,8-9,23H2,1-2H3,(H,27,28)/t10-,12+/m0/s1. The zero-order valence-electron chi connectivity index (χ0n) is 16.5. The summed E-state index contributed by atoms with van der Waals surface area (Å²) in [5, 5.41) is 9.86. The lowest BCUT2D eigenvalue weighted by Gasteiger charge is -2.32. The molecule has 1 aliphatic carbocycles. The minimum absolute atomic E-state index is 0.137. The molecule has 0 amide bonds. The largest absolute Gasteiger partial charge is 0.487 e. The van der Waals surface area contributed by atoms with Crippen LogP contribution in [0.3, 0.4) is 0 Å². The van der Waals surface area contributed by atoms with Crippen LogP contribution >= 0.6 is 0 Å². The Morgan fingerprint density at radius 3 is 2.79 bits per heavy atom. The van der Waals surface area contributed by atoms with Crippen LogP contribution in [-0.4, -0.2) is 40.9 Å². The predicted molar refractivity (Wildman–Crippen MR) is 107 cm³/mol. The molecule has 1 aromatic carbocycles. The zero-order valence-corrected chi connectivity index (χ0v) is 16.5. The number of nitrogens with zero attached hydrogens (tertiary/aromatic N) is 2. The van der Waals surface area contributed by atoms with E-state index in [1.807, 2.05) is 4.90 Å². The molecule has 1 saturated heterocycles. The van der Waals surface area contributed by atoms with Crippen molar-refractivity contribution in [3.05, 3.63) is 33.4 Å². The van der Waals surface area contributed by atoms with Gasteiger partial charge in [-0.2, -0.15) is 0 Å². The number of aromatic nitrogens is 1. The highest BCUT2D eigenvalue weighted by molar-refractivity contribution is 5.99. The summed E-state index contributed by atoms with van der Waals surface area (Å²) in [6, 6.07) is 0.926. The van der Waals surface area contributed by atoms with Gasteiger partial charge in [0, 0.05) is 24.0 Å². The number of carboxylic acid groups (broad SMARTS) is 1. The highest BCUT2D eigenvalue weighted by Gasteiger charge is 2.48. The van der Waals surface area contributed by atoms with Crippen molar-refractivity contribution in [2.24, 2.45) is 11.7 Å². The number of carbonyl (C=O) groups is 1. The first-order valence-corrected chi connectivity index (χ1v) is 10.0. The van der Waals surface area contributed by atoms with E-state index in [4.69, 9.17) is 10.5 Å². The molecule has 0 unspecified atom stereocenters. The van der Waals surface area contributed by atoms with Crippen molar-refractivity contribution in [1.29, 1.82) is 0 Å². The van der Waals surface area contributed by atoms with Gasteiger partial charge in [-0.25, -0.2) is 9.18 Å². The number of carboxylic acids is 1. The van der Waals surface area contributed by atoms with Gasteiger partial charge < -0.3 is 20.5 Å². The van der Waals surface area contributed by atoms with Crippen LogP contribution < -0.4 is 20.9 Å². The van der Waals surface area contributed by atoms with Crippen molar-refractivity contribution in [3.8, 4) is 5.75 Å². The molecule has 1 aromatic heterocycles. The number of anilines is 1. The Hall–Kier alpha value is -2.61. The minimum Gasteiger partial charge on any atom is -0.487 e. The fourth-order valence-corrected chi connectivity index (χ4v) is 4.92. The van der Waals surface area contributed by atoms with Gasteiger partial charge in [-0.3, -0.25) is 9.36 Å². The Kier molecular flexibility index (Phi) is 3.78. The van der Waals surface area contributed by atoms with E-state index in [0.717, 1.165) is 19.3 Å². The maximum atomic E-state index is 15.6. The molecule has 3 N–H and O–H groups in total. The summed E-state index contributed by atoms with van der Waals surface area (Å²) in [5.41, 5.74) is 6.48. The van der Waals surface area contributed by atoms with E-state index in [9.17, 15) is 14.7 Å². The highest BCUT2D eigenvalue weighted by atomic mass is 19.1. The molecular weight excluding hydrogens is 377 g/mol. The van der Waals surface area contributed by atoms with E-state index in [-0.39, 0.29) is 23.8 Å². The molecule has 154 valence electrons. The number of rotatable bonds is 3. The van der Waals surface area contributed by atoms with Crippen molar-refractivity contribution in [3.63, 3.8) is 0 Å². The van der Waals surface area contributed by atoms with Crippen molar-refractivity contribution >= 4 is 22.6 Å². The second-order valence-electron chi connectivity index (χ2n) is 8.74. The number of aryl methyl sites for hydroxylation is 1. The fraction of sp³-hybridized carbons (Fsp3) is 0.524. The number of pyridine rings is 1. The Morgan fingerprint density at radius 2 is 2.14 bits per heavy atom. The summed E-state index contributed by atoms with van der Waals surface area (Å²) < 4.78 is 23.0. The summed E-state index contributed by atoms with van der Waals surface area (Å²) in [6.07, 6.45) is 2.90. The molecule has 3 heterocycles. The lowest BCUT2D eigenvalue weighted by molar-refractivity contribution is 0.0694.